The Morgan fingerprint density at radius 3 is 2.73 bits per heavy atom. The summed E-state index contributed by atoms with van der Waals surface area (Å²) in [6.07, 6.45) is 5.08. The van der Waals surface area contributed by atoms with Crippen molar-refractivity contribution in [2.24, 2.45) is 0 Å². The molecule has 0 atom stereocenters. The van der Waals surface area contributed by atoms with E-state index < -0.39 is 0 Å². The molecule has 0 amide bonds. The van der Waals surface area contributed by atoms with E-state index in [1.807, 2.05) is 31.3 Å². The number of hydrogen-bond donors (Lipinski definition) is 1. The molecule has 0 aliphatic heterocycles. The van der Waals surface area contributed by atoms with Crippen molar-refractivity contribution in [3.8, 4) is 5.69 Å². The molecule has 8 heteroatoms. The molecule has 4 aromatic rings. The lowest BCUT2D eigenvalue weighted by atomic mass is 10.1. The summed E-state index contributed by atoms with van der Waals surface area (Å²) in [5.41, 5.74) is 4.02. The molecule has 3 heterocycles. The van der Waals surface area contributed by atoms with Crippen LogP contribution in [0.2, 0.25) is 0 Å². The number of nitrogens with one attached hydrogen (secondary N) is 1. The van der Waals surface area contributed by atoms with Crippen molar-refractivity contribution in [2.45, 2.75) is 33.2 Å². The number of benzene rings is 1. The van der Waals surface area contributed by atoms with E-state index in [4.69, 9.17) is 0 Å². The van der Waals surface area contributed by atoms with E-state index >= 15 is 0 Å². The van der Waals surface area contributed by atoms with Crippen molar-refractivity contribution < 1.29 is 0 Å². The van der Waals surface area contributed by atoms with Crippen LogP contribution in [0.3, 0.4) is 0 Å². The van der Waals surface area contributed by atoms with Crippen LogP contribution < -0.4 is 5.32 Å². The van der Waals surface area contributed by atoms with Crippen LogP contribution in [-0.4, -0.2) is 34.3 Å². The first-order valence-electron chi connectivity index (χ1n) is 8.52. The SMILES string of the molecule is Cc1nc(NCc2ccccc2-n2cncn2)n2ncc(C(C)C)c2n1. The predicted molar refractivity (Wildman–Crippen MR) is 98.3 cm³/mol. The van der Waals surface area contributed by atoms with Gasteiger partial charge in [0.15, 0.2) is 5.65 Å². The summed E-state index contributed by atoms with van der Waals surface area (Å²) in [6, 6.07) is 8.05. The Morgan fingerprint density at radius 2 is 1.96 bits per heavy atom. The maximum Gasteiger partial charge on any atom is 0.227 e. The van der Waals surface area contributed by atoms with Crippen molar-refractivity contribution in [2.75, 3.05) is 5.32 Å². The summed E-state index contributed by atoms with van der Waals surface area (Å²) in [5, 5.41) is 12.1. The largest absolute Gasteiger partial charge is 0.350 e. The van der Waals surface area contributed by atoms with E-state index in [0.29, 0.717) is 24.2 Å². The van der Waals surface area contributed by atoms with Gasteiger partial charge in [-0.1, -0.05) is 32.0 Å². The van der Waals surface area contributed by atoms with Gasteiger partial charge < -0.3 is 5.32 Å². The maximum absolute atomic E-state index is 4.56. The van der Waals surface area contributed by atoms with Gasteiger partial charge in [-0.25, -0.2) is 14.6 Å². The average Bonchev–Trinajstić information content (AvgIpc) is 3.29. The van der Waals surface area contributed by atoms with E-state index in [-0.39, 0.29) is 0 Å². The molecule has 0 spiro atoms. The zero-order valence-electron chi connectivity index (χ0n) is 15.0. The molecule has 1 aromatic carbocycles. The molecule has 1 N–H and O–H groups in total. The molecule has 4 rings (SSSR count). The molecule has 0 bridgehead atoms. The van der Waals surface area contributed by atoms with Crippen LogP contribution in [0.5, 0.6) is 0 Å². The second-order valence-electron chi connectivity index (χ2n) is 6.41. The Balaban J connectivity index is 1.68. The zero-order valence-corrected chi connectivity index (χ0v) is 15.0. The fourth-order valence-electron chi connectivity index (χ4n) is 2.91. The average molecular weight is 348 g/mol. The Morgan fingerprint density at radius 1 is 1.12 bits per heavy atom. The normalized spacial score (nSPS) is 11.4. The zero-order chi connectivity index (χ0) is 18.1. The number of fused-ring (bicyclic) bond motifs is 1. The summed E-state index contributed by atoms with van der Waals surface area (Å²) in [7, 11) is 0. The number of aryl methyl sites for hydroxylation is 1. The Hall–Kier alpha value is -3.29. The molecular weight excluding hydrogens is 328 g/mol. The van der Waals surface area contributed by atoms with Crippen LogP contribution in [0.15, 0.2) is 43.1 Å². The highest BCUT2D eigenvalue weighted by molar-refractivity contribution is 5.52. The third-order valence-corrected chi connectivity index (χ3v) is 4.22. The quantitative estimate of drug-likeness (QED) is 0.597. The third kappa shape index (κ3) is 2.90. The topological polar surface area (TPSA) is 85.8 Å². The standard InChI is InChI=1S/C18H20N8/c1-12(2)15-9-21-26-17(15)23-13(3)24-18(26)20-8-14-6-4-5-7-16(14)25-11-19-10-22-25/h4-7,9-12H,8H2,1-3H3,(H,20,23,24). The minimum atomic E-state index is 0.350. The van der Waals surface area contributed by atoms with Crippen LogP contribution in [-0.2, 0) is 6.54 Å². The minimum absolute atomic E-state index is 0.350. The van der Waals surface area contributed by atoms with E-state index in [0.717, 1.165) is 22.5 Å². The number of anilines is 1. The number of hydrogen-bond acceptors (Lipinski definition) is 6. The summed E-state index contributed by atoms with van der Waals surface area (Å²) < 4.78 is 3.52. The maximum atomic E-state index is 4.56. The molecule has 0 radical (unpaired) electrons. The number of rotatable bonds is 5. The first-order chi connectivity index (χ1) is 12.6. The second kappa shape index (κ2) is 6.55. The van der Waals surface area contributed by atoms with Gasteiger partial charge in [0, 0.05) is 12.1 Å². The summed E-state index contributed by atoms with van der Waals surface area (Å²) in [5.74, 6) is 1.74. The molecule has 26 heavy (non-hydrogen) atoms. The Kier molecular flexibility index (Phi) is 4.08. The van der Waals surface area contributed by atoms with Gasteiger partial charge in [0.05, 0.1) is 11.9 Å². The van der Waals surface area contributed by atoms with Crippen molar-refractivity contribution in [1.29, 1.82) is 0 Å². The van der Waals surface area contributed by atoms with E-state index in [1.165, 1.54) is 6.33 Å². The highest BCUT2D eigenvalue weighted by Crippen LogP contribution is 2.21. The molecule has 8 nitrogen and oxygen atoms in total. The van der Waals surface area contributed by atoms with Gasteiger partial charge in [-0.05, 0) is 24.5 Å². The Labute approximate surface area is 150 Å². The second-order valence-corrected chi connectivity index (χ2v) is 6.41. The lowest BCUT2D eigenvalue weighted by Crippen LogP contribution is -2.11. The fourth-order valence-corrected chi connectivity index (χ4v) is 2.91. The first kappa shape index (κ1) is 16.2. The van der Waals surface area contributed by atoms with Gasteiger partial charge in [-0.3, -0.25) is 0 Å². The van der Waals surface area contributed by atoms with E-state index in [9.17, 15) is 0 Å². The smallest absolute Gasteiger partial charge is 0.227 e. The van der Waals surface area contributed by atoms with Gasteiger partial charge in [0.2, 0.25) is 5.95 Å². The fraction of sp³-hybridized carbons (Fsp3) is 0.278. The minimum Gasteiger partial charge on any atom is -0.350 e. The molecule has 132 valence electrons. The first-order valence-corrected chi connectivity index (χ1v) is 8.52. The van der Waals surface area contributed by atoms with Crippen LogP contribution in [0.4, 0.5) is 5.95 Å². The van der Waals surface area contributed by atoms with Gasteiger partial charge >= 0.3 is 0 Å². The number of aromatic nitrogens is 7. The summed E-state index contributed by atoms with van der Waals surface area (Å²) in [6.45, 7) is 6.75. The van der Waals surface area contributed by atoms with Gasteiger partial charge in [0.25, 0.3) is 0 Å². The monoisotopic (exact) mass is 348 g/mol. The van der Waals surface area contributed by atoms with Crippen molar-refractivity contribution in [3.05, 3.63) is 60.1 Å². The van der Waals surface area contributed by atoms with E-state index in [1.54, 1.807) is 15.5 Å². The molecule has 0 unspecified atom stereocenters. The van der Waals surface area contributed by atoms with Crippen LogP contribution in [0.1, 0.15) is 36.7 Å². The van der Waals surface area contributed by atoms with Gasteiger partial charge in [0.1, 0.15) is 18.5 Å². The molecule has 0 aliphatic rings. The molecular formula is C18H20N8. The highest BCUT2D eigenvalue weighted by Gasteiger charge is 2.14. The molecule has 0 saturated heterocycles. The molecule has 0 saturated carbocycles. The van der Waals surface area contributed by atoms with Crippen LogP contribution in [0, 0.1) is 6.92 Å². The van der Waals surface area contributed by atoms with Crippen LogP contribution >= 0.6 is 0 Å². The summed E-state index contributed by atoms with van der Waals surface area (Å²) in [4.78, 5) is 13.1. The molecule has 0 fully saturated rings. The lowest BCUT2D eigenvalue weighted by Gasteiger charge is -2.12. The van der Waals surface area contributed by atoms with Gasteiger partial charge in [-0.2, -0.15) is 19.7 Å². The summed E-state index contributed by atoms with van der Waals surface area (Å²) >= 11 is 0. The molecule has 0 aliphatic carbocycles. The molecule has 3 aromatic heterocycles. The number of nitrogens with zero attached hydrogens (tertiary/aromatic N) is 7. The van der Waals surface area contributed by atoms with Gasteiger partial charge in [-0.15, -0.1) is 0 Å². The van der Waals surface area contributed by atoms with Crippen LogP contribution in [0.25, 0.3) is 11.3 Å². The van der Waals surface area contributed by atoms with Crippen molar-refractivity contribution in [1.82, 2.24) is 34.3 Å². The van der Waals surface area contributed by atoms with Crippen molar-refractivity contribution in [3.63, 3.8) is 0 Å². The number of para-hydroxylation sites is 1. The predicted octanol–water partition coefficient (Wildman–Crippen LogP) is 2.75. The lowest BCUT2D eigenvalue weighted by molar-refractivity contribution is 0.840. The van der Waals surface area contributed by atoms with E-state index in [2.05, 4.69) is 50.4 Å². The highest BCUT2D eigenvalue weighted by atomic mass is 15.4. The Bertz CT molecular complexity index is 1030. The third-order valence-electron chi connectivity index (χ3n) is 4.22. The van der Waals surface area contributed by atoms with Crippen molar-refractivity contribution >= 4 is 11.6 Å².